The van der Waals surface area contributed by atoms with Crippen molar-refractivity contribution < 1.29 is 22.7 Å². The molecule has 2 unspecified atom stereocenters. The molecule has 7 nitrogen and oxygen atoms in total. The van der Waals surface area contributed by atoms with Gasteiger partial charge in [-0.2, -0.15) is 4.99 Å². The number of hydrogen-bond donors (Lipinski definition) is 0. The molecular formula is C23H26N2O5S2. The fraction of sp³-hybridized carbons (Fsp3) is 0.391. The SMILES string of the molecule is COc1ccc(CC(=O)N=C2SC3CS(=O)(=O)CC3N2Cc2ccc(C)cc2)cc1OC. The predicted octanol–water partition coefficient (Wildman–Crippen LogP) is 2.85. The Morgan fingerprint density at radius 1 is 1.06 bits per heavy atom. The Balaban J connectivity index is 1.56. The van der Waals surface area contributed by atoms with Crippen LogP contribution in [0.25, 0.3) is 0 Å². The van der Waals surface area contributed by atoms with E-state index in [9.17, 15) is 13.2 Å². The lowest BCUT2D eigenvalue weighted by Crippen LogP contribution is -2.37. The average molecular weight is 475 g/mol. The molecule has 2 aliphatic rings. The highest BCUT2D eigenvalue weighted by molar-refractivity contribution is 8.15. The van der Waals surface area contributed by atoms with E-state index >= 15 is 0 Å². The predicted molar refractivity (Wildman–Crippen MR) is 126 cm³/mol. The molecule has 2 heterocycles. The summed E-state index contributed by atoms with van der Waals surface area (Å²) in [5, 5.41) is 0.499. The van der Waals surface area contributed by atoms with E-state index in [0.717, 1.165) is 16.7 Å². The van der Waals surface area contributed by atoms with E-state index in [0.29, 0.717) is 23.2 Å². The number of amidine groups is 1. The molecule has 32 heavy (non-hydrogen) atoms. The smallest absolute Gasteiger partial charge is 0.252 e. The molecule has 0 aliphatic carbocycles. The van der Waals surface area contributed by atoms with Crippen molar-refractivity contribution in [3.8, 4) is 11.5 Å². The first-order valence-corrected chi connectivity index (χ1v) is 13.0. The molecule has 0 N–H and O–H groups in total. The zero-order chi connectivity index (χ0) is 22.9. The van der Waals surface area contributed by atoms with E-state index in [1.54, 1.807) is 26.4 Å². The van der Waals surface area contributed by atoms with Crippen molar-refractivity contribution in [2.75, 3.05) is 25.7 Å². The van der Waals surface area contributed by atoms with Crippen molar-refractivity contribution in [2.45, 2.75) is 31.2 Å². The molecule has 2 atom stereocenters. The minimum Gasteiger partial charge on any atom is -0.493 e. The van der Waals surface area contributed by atoms with Crippen LogP contribution in [-0.2, 0) is 27.6 Å². The van der Waals surface area contributed by atoms with Crippen LogP contribution in [0.15, 0.2) is 47.5 Å². The van der Waals surface area contributed by atoms with Crippen LogP contribution in [0.4, 0.5) is 0 Å². The first-order chi connectivity index (χ1) is 15.3. The third kappa shape index (κ3) is 4.94. The summed E-state index contributed by atoms with van der Waals surface area (Å²) >= 11 is 1.40. The maximum atomic E-state index is 12.8. The van der Waals surface area contributed by atoms with Gasteiger partial charge in [-0.15, -0.1) is 0 Å². The number of carbonyl (C=O) groups is 1. The second-order valence-corrected chi connectivity index (χ2v) is 11.4. The van der Waals surface area contributed by atoms with Crippen molar-refractivity contribution >= 4 is 32.7 Å². The summed E-state index contributed by atoms with van der Waals surface area (Å²) < 4.78 is 35.0. The van der Waals surface area contributed by atoms with Crippen molar-refractivity contribution in [1.82, 2.24) is 4.90 Å². The van der Waals surface area contributed by atoms with Gasteiger partial charge in [-0.05, 0) is 30.2 Å². The topological polar surface area (TPSA) is 85.3 Å². The minimum atomic E-state index is -3.08. The quantitative estimate of drug-likeness (QED) is 0.636. The molecule has 170 valence electrons. The van der Waals surface area contributed by atoms with E-state index in [-0.39, 0.29) is 35.1 Å². The lowest BCUT2D eigenvalue weighted by Gasteiger charge is -2.24. The average Bonchev–Trinajstić information content (AvgIpc) is 3.21. The highest BCUT2D eigenvalue weighted by Gasteiger charge is 2.48. The van der Waals surface area contributed by atoms with Gasteiger partial charge in [-0.1, -0.05) is 47.7 Å². The van der Waals surface area contributed by atoms with Crippen LogP contribution in [0.2, 0.25) is 0 Å². The summed E-state index contributed by atoms with van der Waals surface area (Å²) in [5.41, 5.74) is 2.99. The van der Waals surface area contributed by atoms with Gasteiger partial charge in [-0.3, -0.25) is 4.79 Å². The van der Waals surface area contributed by atoms with E-state index in [2.05, 4.69) is 4.99 Å². The number of ether oxygens (including phenoxy) is 2. The molecular weight excluding hydrogens is 448 g/mol. The number of benzene rings is 2. The van der Waals surface area contributed by atoms with E-state index in [1.165, 1.54) is 11.8 Å². The molecule has 0 radical (unpaired) electrons. The van der Waals surface area contributed by atoms with Crippen LogP contribution in [0.3, 0.4) is 0 Å². The largest absolute Gasteiger partial charge is 0.493 e. The van der Waals surface area contributed by atoms with Crippen molar-refractivity contribution in [2.24, 2.45) is 4.99 Å². The van der Waals surface area contributed by atoms with Gasteiger partial charge in [0.1, 0.15) is 0 Å². The molecule has 4 rings (SSSR count). The fourth-order valence-electron chi connectivity index (χ4n) is 4.02. The van der Waals surface area contributed by atoms with Gasteiger partial charge in [0.15, 0.2) is 26.5 Å². The van der Waals surface area contributed by atoms with Crippen LogP contribution in [-0.4, -0.2) is 61.4 Å². The van der Waals surface area contributed by atoms with Gasteiger partial charge < -0.3 is 14.4 Å². The Hall–Kier alpha value is -2.52. The summed E-state index contributed by atoms with van der Waals surface area (Å²) in [4.78, 5) is 19.2. The van der Waals surface area contributed by atoms with Gasteiger partial charge in [0.2, 0.25) is 0 Å². The van der Waals surface area contributed by atoms with E-state index < -0.39 is 9.84 Å². The number of nitrogens with zero attached hydrogens (tertiary/aromatic N) is 2. The highest BCUT2D eigenvalue weighted by Crippen LogP contribution is 2.39. The Labute approximate surface area is 192 Å². The van der Waals surface area contributed by atoms with Crippen molar-refractivity contribution in [3.63, 3.8) is 0 Å². The van der Waals surface area contributed by atoms with E-state index in [1.807, 2.05) is 42.2 Å². The molecule has 0 aromatic heterocycles. The summed E-state index contributed by atoms with van der Waals surface area (Å²) in [7, 11) is 0.0310. The zero-order valence-corrected chi connectivity index (χ0v) is 19.9. The third-order valence-electron chi connectivity index (χ3n) is 5.67. The standard InChI is InChI=1S/C23H26N2O5S2/c1-15-4-6-16(7-5-15)12-25-18-13-32(27,28)14-21(18)31-23(25)24-22(26)11-17-8-9-19(29-2)20(10-17)30-3/h4-10,18,21H,11-14H2,1-3H3. The lowest BCUT2D eigenvalue weighted by atomic mass is 10.1. The van der Waals surface area contributed by atoms with Crippen LogP contribution in [0.5, 0.6) is 11.5 Å². The number of rotatable bonds is 6. The Morgan fingerprint density at radius 3 is 2.44 bits per heavy atom. The second-order valence-electron chi connectivity index (χ2n) is 8.07. The molecule has 9 heteroatoms. The maximum Gasteiger partial charge on any atom is 0.252 e. The fourth-order valence-corrected chi connectivity index (χ4v) is 7.99. The second kappa shape index (κ2) is 9.15. The summed E-state index contributed by atoms with van der Waals surface area (Å²) in [5.74, 6) is 1.09. The first kappa shape index (κ1) is 22.7. The molecule has 0 saturated carbocycles. The molecule has 2 saturated heterocycles. The maximum absolute atomic E-state index is 12.8. The molecule has 2 aliphatic heterocycles. The number of sulfone groups is 1. The van der Waals surface area contributed by atoms with E-state index in [4.69, 9.17) is 9.47 Å². The van der Waals surface area contributed by atoms with Crippen LogP contribution in [0.1, 0.15) is 16.7 Å². The molecule has 2 aromatic carbocycles. The summed E-state index contributed by atoms with van der Waals surface area (Å²) in [6, 6.07) is 13.3. The Morgan fingerprint density at radius 2 is 1.75 bits per heavy atom. The number of aryl methyl sites for hydroxylation is 1. The van der Waals surface area contributed by atoms with Gasteiger partial charge in [-0.25, -0.2) is 8.42 Å². The number of hydrogen-bond acceptors (Lipinski definition) is 6. The van der Waals surface area contributed by atoms with Crippen molar-refractivity contribution in [1.29, 1.82) is 0 Å². The van der Waals surface area contributed by atoms with Gasteiger partial charge in [0, 0.05) is 11.8 Å². The first-order valence-electron chi connectivity index (χ1n) is 10.3. The Bertz CT molecular complexity index is 1150. The number of thioether (sulfide) groups is 1. The van der Waals surface area contributed by atoms with Gasteiger partial charge >= 0.3 is 0 Å². The molecule has 2 fully saturated rings. The van der Waals surface area contributed by atoms with Gasteiger partial charge in [0.25, 0.3) is 5.91 Å². The lowest BCUT2D eigenvalue weighted by molar-refractivity contribution is -0.117. The monoisotopic (exact) mass is 474 g/mol. The summed E-state index contributed by atoms with van der Waals surface area (Å²) in [6.07, 6.45) is 0.121. The number of amides is 1. The number of carbonyl (C=O) groups excluding carboxylic acids is 1. The van der Waals surface area contributed by atoms with Gasteiger partial charge in [0.05, 0.1) is 38.2 Å². The zero-order valence-electron chi connectivity index (χ0n) is 18.3. The van der Waals surface area contributed by atoms with Crippen LogP contribution < -0.4 is 9.47 Å². The molecule has 2 aromatic rings. The van der Waals surface area contributed by atoms with Crippen molar-refractivity contribution in [3.05, 3.63) is 59.2 Å². The van der Waals surface area contributed by atoms with Crippen LogP contribution >= 0.6 is 11.8 Å². The molecule has 1 amide bonds. The highest BCUT2D eigenvalue weighted by atomic mass is 32.2. The normalized spacial score (nSPS) is 22.7. The minimum absolute atomic E-state index is 0.0966. The Kier molecular flexibility index (Phi) is 6.48. The number of aliphatic imine (C=N–C) groups is 1. The number of fused-ring (bicyclic) bond motifs is 1. The molecule has 0 spiro atoms. The number of methoxy groups -OCH3 is 2. The van der Waals surface area contributed by atoms with Crippen LogP contribution in [0, 0.1) is 6.92 Å². The third-order valence-corrected chi connectivity index (χ3v) is 8.92. The molecule has 0 bridgehead atoms. The summed E-state index contributed by atoms with van der Waals surface area (Å²) in [6.45, 7) is 2.54.